The van der Waals surface area contributed by atoms with Crippen LogP contribution < -0.4 is 0 Å². The molecule has 0 aromatic carbocycles. The van der Waals surface area contributed by atoms with E-state index in [1.54, 1.807) is 0 Å². The molecule has 1 saturated heterocycles. The maximum Gasteiger partial charge on any atom is 0.317 e. The van der Waals surface area contributed by atoms with Gasteiger partial charge in [-0.1, -0.05) is 20.8 Å². The summed E-state index contributed by atoms with van der Waals surface area (Å²) in [5, 5.41) is 25.3. The van der Waals surface area contributed by atoms with Crippen LogP contribution in [0.4, 0.5) is 0 Å². The molecule has 0 unspecified atom stereocenters. The summed E-state index contributed by atoms with van der Waals surface area (Å²) in [6, 6.07) is 0. The van der Waals surface area contributed by atoms with E-state index in [0.29, 0.717) is 45.7 Å². The smallest absolute Gasteiger partial charge is 0.317 e. The fourth-order valence-corrected chi connectivity index (χ4v) is 3.62. The third-order valence-corrected chi connectivity index (χ3v) is 5.55. The van der Waals surface area contributed by atoms with E-state index in [1.807, 2.05) is 23.6 Å². The second kappa shape index (κ2) is 18.4. The minimum Gasteiger partial charge on any atom is -0.483 e. The second-order valence-electron chi connectivity index (χ2n) is 8.48. The van der Waals surface area contributed by atoms with Gasteiger partial charge in [-0.25, -0.2) is 0 Å². The molecule has 1 fully saturated rings. The average Bonchev–Trinajstić information content (AvgIpc) is 2.72. The molecule has 0 spiro atoms. The number of aliphatic carboxylic acids is 2. The van der Waals surface area contributed by atoms with Gasteiger partial charge < -0.3 is 20.2 Å². The predicted octanol–water partition coefficient (Wildman–Crippen LogP) is 0.103. The van der Waals surface area contributed by atoms with E-state index in [0.717, 1.165) is 32.6 Å². The normalized spacial score (nSPS) is 18.7. The van der Waals surface area contributed by atoms with Crippen LogP contribution in [0.1, 0.15) is 33.6 Å². The molecule has 0 aliphatic carbocycles. The predicted molar refractivity (Wildman–Crippen MR) is 124 cm³/mol. The third-order valence-electron chi connectivity index (χ3n) is 5.55. The molecule has 1 heterocycles. The fraction of sp³-hybridized carbons (Fsp3) is 0.818. The van der Waals surface area contributed by atoms with Gasteiger partial charge in [-0.05, 0) is 32.5 Å². The Bertz CT molecular complexity index is 589. The number of likely N-dealkylation sites (N-methyl/N-ethyl adjacent to an activating group) is 1. The highest BCUT2D eigenvalue weighted by Crippen LogP contribution is 2.05. The number of Topliss-reactive ketones (excluding diaryl/α,β-unsaturated/α-hetero) is 1. The van der Waals surface area contributed by atoms with Gasteiger partial charge >= 0.3 is 11.9 Å². The highest BCUT2D eigenvalue weighted by atomic mass is 16.4. The van der Waals surface area contributed by atoms with Gasteiger partial charge in [0.15, 0.2) is 0 Å². The Hall–Kier alpha value is -2.08. The van der Waals surface area contributed by atoms with Crippen molar-refractivity contribution in [1.29, 1.82) is 0 Å². The zero-order valence-corrected chi connectivity index (χ0v) is 20.3. The van der Waals surface area contributed by atoms with Gasteiger partial charge in [-0.3, -0.25) is 33.9 Å². The van der Waals surface area contributed by atoms with E-state index in [1.165, 1.54) is 0 Å². The van der Waals surface area contributed by atoms with Crippen molar-refractivity contribution in [3.05, 3.63) is 0 Å². The molecule has 0 amide bonds. The second-order valence-corrected chi connectivity index (χ2v) is 8.48. The number of carbonyl (C=O) groups excluding carboxylic acids is 1. The van der Waals surface area contributed by atoms with Crippen molar-refractivity contribution in [3.63, 3.8) is 0 Å². The van der Waals surface area contributed by atoms with Crippen LogP contribution in [0, 0.1) is 5.92 Å². The average molecular weight is 475 g/mol. The molecule has 1 aliphatic rings. The summed E-state index contributed by atoms with van der Waals surface area (Å²) in [5.74, 6) is -1.52. The van der Waals surface area contributed by atoms with Gasteiger partial charge in [0.2, 0.25) is 0 Å². The van der Waals surface area contributed by atoms with Gasteiger partial charge in [0.1, 0.15) is 5.78 Å². The first-order chi connectivity index (χ1) is 15.6. The van der Waals surface area contributed by atoms with Crippen LogP contribution in [0.25, 0.3) is 0 Å². The lowest BCUT2D eigenvalue weighted by molar-refractivity contribution is -0.139. The monoisotopic (exact) mass is 474 g/mol. The Morgan fingerprint density at radius 2 is 1.06 bits per heavy atom. The first-order valence-electron chi connectivity index (χ1n) is 11.6. The molecule has 33 heavy (non-hydrogen) atoms. The minimum absolute atomic E-state index is 0.00156. The lowest BCUT2D eigenvalue weighted by Crippen LogP contribution is -2.44. The molecule has 1 rings (SSSR count). The number of carboxylic acid groups (broad SMARTS) is 3. The van der Waals surface area contributed by atoms with Crippen LogP contribution in [0.15, 0.2) is 0 Å². The van der Waals surface area contributed by atoms with Crippen molar-refractivity contribution in [2.24, 2.45) is 5.92 Å². The molecule has 0 saturated carbocycles. The summed E-state index contributed by atoms with van der Waals surface area (Å²) in [7, 11) is 0. The zero-order valence-electron chi connectivity index (χ0n) is 20.3. The summed E-state index contributed by atoms with van der Waals surface area (Å²) in [4.78, 5) is 51.4. The van der Waals surface area contributed by atoms with Gasteiger partial charge in [-0.2, -0.15) is 0 Å². The first-order valence-corrected chi connectivity index (χ1v) is 11.6. The lowest BCUT2D eigenvalue weighted by Gasteiger charge is -2.30. The van der Waals surface area contributed by atoms with Crippen LogP contribution in [0.5, 0.6) is 0 Å². The highest BCUT2D eigenvalue weighted by molar-refractivity contribution is 5.82. The Labute approximate surface area is 196 Å². The van der Waals surface area contributed by atoms with E-state index in [2.05, 4.69) is 16.7 Å². The van der Waals surface area contributed by atoms with E-state index < -0.39 is 11.9 Å². The fourth-order valence-electron chi connectivity index (χ4n) is 3.62. The molecular formula is C22H42N4O7. The van der Waals surface area contributed by atoms with Gasteiger partial charge in [-0.15, -0.1) is 0 Å². The van der Waals surface area contributed by atoms with E-state index in [9.17, 15) is 24.6 Å². The summed E-state index contributed by atoms with van der Waals surface area (Å²) < 4.78 is 0. The number of ketones is 1. The Balaban J connectivity index is 0.00000322. The maximum atomic E-state index is 12.3. The van der Waals surface area contributed by atoms with Crippen LogP contribution in [0.3, 0.4) is 0 Å². The maximum absolute atomic E-state index is 12.3. The first kappa shape index (κ1) is 30.9. The molecule has 11 nitrogen and oxygen atoms in total. The Morgan fingerprint density at radius 1 is 0.727 bits per heavy atom. The van der Waals surface area contributed by atoms with Crippen LogP contribution >= 0.6 is 0 Å². The quantitative estimate of drug-likeness (QED) is 0.412. The number of hydrogen-bond donors (Lipinski definition) is 3. The summed E-state index contributed by atoms with van der Waals surface area (Å²) in [6.45, 7) is 12.5. The van der Waals surface area contributed by atoms with Gasteiger partial charge in [0, 0.05) is 45.2 Å². The topological polar surface area (TPSA) is 142 Å². The van der Waals surface area contributed by atoms with Crippen molar-refractivity contribution >= 4 is 24.2 Å². The van der Waals surface area contributed by atoms with Crippen molar-refractivity contribution in [2.45, 2.75) is 33.6 Å². The number of hydrogen-bond acceptors (Lipinski definition) is 8. The van der Waals surface area contributed by atoms with Crippen LogP contribution in [0.2, 0.25) is 0 Å². The summed E-state index contributed by atoms with van der Waals surface area (Å²) in [6.07, 6.45) is 1.62. The molecule has 0 radical (unpaired) electrons. The Kier molecular flexibility index (Phi) is 17.2. The molecule has 11 heteroatoms. The van der Waals surface area contributed by atoms with Gasteiger partial charge in [0.05, 0.1) is 19.6 Å². The molecule has 0 aromatic rings. The minimum atomic E-state index is -0.873. The standard InChI is InChI=1S/C21H40N4O5.CH2O2/c1-4-22-7-5-8-23(15-19(26)18(2)3)13-14-25(17-21(29)30)10-6-9-24(12-11-22)16-20(27)28;2-1-3/h18H,4-17H2,1-3H3,(H,27,28)(H,29,30);1H,(H,2,3). The van der Waals surface area contributed by atoms with Crippen LogP contribution in [-0.4, -0.2) is 138 Å². The van der Waals surface area contributed by atoms with Crippen molar-refractivity contribution in [3.8, 4) is 0 Å². The van der Waals surface area contributed by atoms with E-state index in [-0.39, 0.29) is 31.3 Å². The van der Waals surface area contributed by atoms with E-state index in [4.69, 9.17) is 9.90 Å². The zero-order chi connectivity index (χ0) is 25.2. The largest absolute Gasteiger partial charge is 0.483 e. The van der Waals surface area contributed by atoms with E-state index >= 15 is 0 Å². The number of rotatable bonds is 8. The number of carboxylic acids is 2. The van der Waals surface area contributed by atoms with Crippen molar-refractivity contribution in [1.82, 2.24) is 19.6 Å². The highest BCUT2D eigenvalue weighted by Gasteiger charge is 2.18. The van der Waals surface area contributed by atoms with Crippen molar-refractivity contribution in [2.75, 3.05) is 78.5 Å². The summed E-state index contributed by atoms with van der Waals surface area (Å²) >= 11 is 0. The molecule has 0 bridgehead atoms. The molecule has 192 valence electrons. The molecule has 1 aliphatic heterocycles. The van der Waals surface area contributed by atoms with Crippen molar-refractivity contribution < 1.29 is 34.5 Å². The SMILES string of the molecule is CCN1CCCN(CC(=O)C(C)C)CCN(CC(=O)O)CCCN(CC(=O)O)CC1.O=CO. The Morgan fingerprint density at radius 3 is 1.39 bits per heavy atom. The number of nitrogens with zero attached hydrogens (tertiary/aromatic N) is 4. The van der Waals surface area contributed by atoms with Crippen LogP contribution in [-0.2, 0) is 19.2 Å². The lowest BCUT2D eigenvalue weighted by atomic mass is 10.1. The molecule has 3 N–H and O–H groups in total. The molecule has 0 aromatic heterocycles. The van der Waals surface area contributed by atoms with Gasteiger partial charge in [0.25, 0.3) is 6.47 Å². The molecular weight excluding hydrogens is 432 g/mol. The molecule has 0 atom stereocenters. The third kappa shape index (κ3) is 16.2. The summed E-state index contributed by atoms with van der Waals surface area (Å²) in [5.41, 5.74) is 0. The number of carbonyl (C=O) groups is 4.